The lowest BCUT2D eigenvalue weighted by Gasteiger charge is -2.00. The Bertz CT molecular complexity index is 556. The van der Waals surface area contributed by atoms with Gasteiger partial charge in [-0.15, -0.1) is 0 Å². The molecule has 5 nitrogen and oxygen atoms in total. The average Bonchev–Trinajstić information content (AvgIpc) is 2.16. The van der Waals surface area contributed by atoms with E-state index >= 15 is 0 Å². The number of fused-ring (bicyclic) bond motifs is 1. The summed E-state index contributed by atoms with van der Waals surface area (Å²) in [5.74, 6) is 0. The molecular weight excluding hydrogens is 218 g/mol. The van der Waals surface area contributed by atoms with Crippen molar-refractivity contribution in [1.29, 1.82) is 0 Å². The van der Waals surface area contributed by atoms with Crippen LogP contribution in [0.3, 0.4) is 0 Å². The van der Waals surface area contributed by atoms with E-state index in [1.807, 2.05) is 0 Å². The maximum Gasteiger partial charge on any atom is 0.271 e. The van der Waals surface area contributed by atoms with Crippen LogP contribution < -0.4 is 0 Å². The molecule has 0 atom stereocenters. The van der Waals surface area contributed by atoms with Gasteiger partial charge in [-0.05, 0) is 24.6 Å². The highest BCUT2D eigenvalue weighted by Crippen LogP contribution is 2.22. The lowest BCUT2D eigenvalue weighted by Crippen LogP contribution is -1.92. The number of halogens is 1. The SMILES string of the molecule is Cc1nc(Cl)nc2cc([N+](=O)[O-])ccc12. The first-order chi connectivity index (χ1) is 7.08. The van der Waals surface area contributed by atoms with Crippen LogP contribution in [0.1, 0.15) is 5.69 Å². The molecule has 2 aromatic rings. The summed E-state index contributed by atoms with van der Waals surface area (Å²) in [4.78, 5) is 18.0. The third-order valence-electron chi connectivity index (χ3n) is 2.05. The monoisotopic (exact) mass is 223 g/mol. The largest absolute Gasteiger partial charge is 0.271 e. The lowest BCUT2D eigenvalue weighted by atomic mass is 10.2. The van der Waals surface area contributed by atoms with Gasteiger partial charge < -0.3 is 0 Å². The highest BCUT2D eigenvalue weighted by Gasteiger charge is 2.09. The minimum Gasteiger partial charge on any atom is -0.258 e. The zero-order valence-electron chi connectivity index (χ0n) is 7.77. The van der Waals surface area contributed by atoms with Gasteiger partial charge in [0, 0.05) is 17.5 Å². The van der Waals surface area contributed by atoms with Gasteiger partial charge in [-0.2, -0.15) is 0 Å². The first-order valence-electron chi connectivity index (χ1n) is 4.16. The van der Waals surface area contributed by atoms with Gasteiger partial charge in [-0.3, -0.25) is 10.1 Å². The van der Waals surface area contributed by atoms with Gasteiger partial charge in [0.25, 0.3) is 5.69 Å². The molecule has 1 aromatic heterocycles. The van der Waals surface area contributed by atoms with E-state index in [-0.39, 0.29) is 11.0 Å². The highest BCUT2D eigenvalue weighted by atomic mass is 35.5. The van der Waals surface area contributed by atoms with Crippen molar-refractivity contribution in [3.63, 3.8) is 0 Å². The van der Waals surface area contributed by atoms with E-state index < -0.39 is 4.92 Å². The van der Waals surface area contributed by atoms with E-state index in [0.717, 1.165) is 5.39 Å². The number of nitro benzene ring substituents is 1. The van der Waals surface area contributed by atoms with E-state index in [0.29, 0.717) is 11.2 Å². The zero-order chi connectivity index (χ0) is 11.0. The van der Waals surface area contributed by atoms with Crippen LogP contribution in [0.2, 0.25) is 5.28 Å². The molecule has 0 radical (unpaired) electrons. The standard InChI is InChI=1S/C9H6ClN3O2/c1-5-7-3-2-6(13(14)15)4-8(7)12-9(10)11-5/h2-4H,1H3. The molecule has 0 aliphatic rings. The third-order valence-corrected chi connectivity index (χ3v) is 2.22. The molecule has 0 aliphatic heterocycles. The maximum absolute atomic E-state index is 10.5. The average molecular weight is 224 g/mol. The van der Waals surface area contributed by atoms with Crippen molar-refractivity contribution in [2.24, 2.45) is 0 Å². The number of hydrogen-bond acceptors (Lipinski definition) is 4. The predicted octanol–water partition coefficient (Wildman–Crippen LogP) is 2.50. The van der Waals surface area contributed by atoms with Gasteiger partial charge in [0.15, 0.2) is 0 Å². The van der Waals surface area contributed by atoms with Crippen molar-refractivity contribution < 1.29 is 4.92 Å². The summed E-state index contributed by atoms with van der Waals surface area (Å²) >= 11 is 5.66. The molecule has 1 heterocycles. The zero-order valence-corrected chi connectivity index (χ0v) is 8.52. The van der Waals surface area contributed by atoms with Crippen molar-refractivity contribution >= 4 is 28.2 Å². The Balaban J connectivity index is 2.76. The van der Waals surface area contributed by atoms with Crippen LogP contribution in [0.4, 0.5) is 5.69 Å². The lowest BCUT2D eigenvalue weighted by molar-refractivity contribution is -0.384. The van der Waals surface area contributed by atoms with E-state index in [1.54, 1.807) is 13.0 Å². The molecule has 0 aliphatic carbocycles. The van der Waals surface area contributed by atoms with Gasteiger partial charge in [0.05, 0.1) is 16.1 Å². The van der Waals surface area contributed by atoms with Crippen LogP contribution >= 0.6 is 11.6 Å². The van der Waals surface area contributed by atoms with Crippen LogP contribution in [-0.2, 0) is 0 Å². The van der Waals surface area contributed by atoms with Gasteiger partial charge in [0.1, 0.15) is 0 Å². The summed E-state index contributed by atoms with van der Waals surface area (Å²) in [6.45, 7) is 1.78. The topological polar surface area (TPSA) is 68.9 Å². The fraction of sp³-hybridized carbons (Fsp3) is 0.111. The minimum absolute atomic E-state index is 0.00309. The first-order valence-corrected chi connectivity index (χ1v) is 4.54. The van der Waals surface area contributed by atoms with Crippen LogP contribution in [-0.4, -0.2) is 14.9 Å². The molecule has 6 heteroatoms. The molecule has 0 spiro atoms. The van der Waals surface area contributed by atoms with Crippen molar-refractivity contribution in [2.45, 2.75) is 6.92 Å². The Morgan fingerprint density at radius 3 is 2.80 bits per heavy atom. The molecule has 0 unspecified atom stereocenters. The second-order valence-electron chi connectivity index (χ2n) is 3.04. The van der Waals surface area contributed by atoms with Crippen LogP contribution in [0.25, 0.3) is 10.9 Å². The number of nitro groups is 1. The number of nitrogens with zero attached hydrogens (tertiary/aromatic N) is 3. The van der Waals surface area contributed by atoms with E-state index in [1.165, 1.54) is 12.1 Å². The van der Waals surface area contributed by atoms with E-state index in [9.17, 15) is 10.1 Å². The van der Waals surface area contributed by atoms with Crippen molar-refractivity contribution in [1.82, 2.24) is 9.97 Å². The molecule has 1 aromatic carbocycles. The van der Waals surface area contributed by atoms with Crippen molar-refractivity contribution in [2.75, 3.05) is 0 Å². The Kier molecular flexibility index (Phi) is 2.24. The number of rotatable bonds is 1. The smallest absolute Gasteiger partial charge is 0.258 e. The summed E-state index contributed by atoms with van der Waals surface area (Å²) in [6.07, 6.45) is 0. The number of non-ortho nitro benzene ring substituents is 1. The van der Waals surface area contributed by atoms with Crippen LogP contribution in [0.15, 0.2) is 18.2 Å². The Hall–Kier alpha value is -1.75. The molecule has 0 saturated carbocycles. The van der Waals surface area contributed by atoms with Crippen LogP contribution in [0, 0.1) is 17.0 Å². The van der Waals surface area contributed by atoms with Gasteiger partial charge in [-0.1, -0.05) is 0 Å². The second-order valence-corrected chi connectivity index (χ2v) is 3.37. The molecule has 0 amide bonds. The summed E-state index contributed by atoms with van der Waals surface area (Å²) in [6, 6.07) is 4.43. The van der Waals surface area contributed by atoms with E-state index in [2.05, 4.69) is 9.97 Å². The fourth-order valence-corrected chi connectivity index (χ4v) is 1.57. The molecular formula is C9H6ClN3O2. The van der Waals surface area contributed by atoms with Gasteiger partial charge >= 0.3 is 0 Å². The maximum atomic E-state index is 10.5. The Labute approximate surface area is 89.9 Å². The highest BCUT2D eigenvalue weighted by molar-refractivity contribution is 6.28. The molecule has 15 heavy (non-hydrogen) atoms. The summed E-state index contributed by atoms with van der Waals surface area (Å²) in [5.41, 5.74) is 1.19. The number of benzene rings is 1. The first kappa shape index (κ1) is 9.79. The number of hydrogen-bond donors (Lipinski definition) is 0. The second kappa shape index (κ2) is 3.43. The van der Waals surface area contributed by atoms with E-state index in [4.69, 9.17) is 11.6 Å². The molecule has 76 valence electrons. The van der Waals surface area contributed by atoms with Crippen molar-refractivity contribution in [3.8, 4) is 0 Å². The molecule has 0 N–H and O–H groups in total. The normalized spacial score (nSPS) is 10.5. The number of aryl methyl sites for hydroxylation is 1. The minimum atomic E-state index is -0.467. The Morgan fingerprint density at radius 2 is 2.13 bits per heavy atom. The molecule has 2 rings (SSSR count). The van der Waals surface area contributed by atoms with Crippen LogP contribution in [0.5, 0.6) is 0 Å². The molecule has 0 fully saturated rings. The number of aromatic nitrogens is 2. The predicted molar refractivity (Wildman–Crippen MR) is 55.9 cm³/mol. The summed E-state index contributed by atoms with van der Waals surface area (Å²) < 4.78 is 0. The van der Waals surface area contributed by atoms with Gasteiger partial charge in [0.2, 0.25) is 5.28 Å². The fourth-order valence-electron chi connectivity index (χ4n) is 1.36. The quantitative estimate of drug-likeness (QED) is 0.423. The summed E-state index contributed by atoms with van der Waals surface area (Å²) in [5, 5.41) is 11.4. The molecule has 0 bridgehead atoms. The summed E-state index contributed by atoms with van der Waals surface area (Å²) in [7, 11) is 0. The third kappa shape index (κ3) is 1.73. The Morgan fingerprint density at radius 1 is 1.40 bits per heavy atom. The van der Waals surface area contributed by atoms with Crippen molar-refractivity contribution in [3.05, 3.63) is 39.3 Å². The van der Waals surface area contributed by atoms with Gasteiger partial charge in [-0.25, -0.2) is 9.97 Å². The molecule has 0 saturated heterocycles.